The van der Waals surface area contributed by atoms with E-state index in [9.17, 15) is 0 Å². The molecule has 2 aromatic rings. The second kappa shape index (κ2) is 3.88. The molecule has 0 N–H and O–H groups in total. The topological polar surface area (TPSA) is 17.3 Å². The van der Waals surface area contributed by atoms with E-state index in [0.29, 0.717) is 0 Å². The summed E-state index contributed by atoms with van der Waals surface area (Å²) in [6.45, 7) is 4.49. The average Bonchev–Trinajstić information content (AvgIpc) is 2.88. The Balaban J connectivity index is 2.21. The smallest absolute Gasteiger partial charge is 0.194 e. The lowest BCUT2D eigenvalue weighted by atomic mass is 10.2. The minimum absolute atomic E-state index is 1.11. The third-order valence-electron chi connectivity index (χ3n) is 3.47. The molecule has 0 saturated heterocycles. The van der Waals surface area contributed by atoms with Gasteiger partial charge in [-0.25, -0.2) is 4.98 Å². The van der Waals surface area contributed by atoms with Gasteiger partial charge in [0, 0.05) is 16.3 Å². The molecular weight excluding hydrogens is 216 g/mol. The highest BCUT2D eigenvalue weighted by Gasteiger charge is 2.22. The van der Waals surface area contributed by atoms with Crippen molar-refractivity contribution in [3.63, 3.8) is 0 Å². The fourth-order valence-corrected chi connectivity index (χ4v) is 4.02. The molecule has 0 amide bonds. The van der Waals surface area contributed by atoms with Gasteiger partial charge in [0.1, 0.15) is 0 Å². The Kier molecular flexibility index (Phi) is 2.51. The Morgan fingerprint density at radius 2 is 2.19 bits per heavy atom. The molecule has 0 radical (unpaired) electrons. The summed E-state index contributed by atoms with van der Waals surface area (Å²) >= 11 is 1.91. The van der Waals surface area contributed by atoms with Crippen LogP contribution in [0.2, 0.25) is 0 Å². The lowest BCUT2D eigenvalue weighted by Gasteiger charge is -2.01. The zero-order chi connectivity index (χ0) is 11.1. The molecule has 2 nitrogen and oxygen atoms in total. The van der Waals surface area contributed by atoms with E-state index in [-0.39, 0.29) is 0 Å². The lowest BCUT2D eigenvalue weighted by molar-refractivity contribution is 0.840. The summed E-state index contributed by atoms with van der Waals surface area (Å²) in [5, 5.41) is 0. The predicted molar refractivity (Wildman–Crippen MR) is 68.5 cm³/mol. The van der Waals surface area contributed by atoms with Gasteiger partial charge >= 0.3 is 0 Å². The molecule has 2 aromatic heterocycles. The Morgan fingerprint density at radius 3 is 2.94 bits per heavy atom. The Bertz CT molecular complexity index is 521. The Labute approximate surface area is 100 Å². The van der Waals surface area contributed by atoms with Crippen LogP contribution in [0.3, 0.4) is 0 Å². The van der Waals surface area contributed by atoms with E-state index in [2.05, 4.69) is 18.2 Å². The first-order chi connectivity index (χ1) is 7.85. The van der Waals surface area contributed by atoms with Crippen LogP contribution in [-0.4, -0.2) is 9.38 Å². The van der Waals surface area contributed by atoms with Gasteiger partial charge in [-0.2, -0.15) is 0 Å². The first kappa shape index (κ1) is 10.3. The number of rotatable bonds is 3. The van der Waals surface area contributed by atoms with Crippen molar-refractivity contribution in [1.82, 2.24) is 9.38 Å². The zero-order valence-electron chi connectivity index (χ0n) is 10.0. The highest BCUT2D eigenvalue weighted by molar-refractivity contribution is 7.17. The van der Waals surface area contributed by atoms with Gasteiger partial charge in [-0.1, -0.05) is 20.3 Å². The molecule has 0 aliphatic heterocycles. The van der Waals surface area contributed by atoms with Gasteiger partial charge in [0.15, 0.2) is 4.96 Å². The van der Waals surface area contributed by atoms with Crippen molar-refractivity contribution in [2.75, 3.05) is 0 Å². The lowest BCUT2D eigenvalue weighted by Crippen LogP contribution is -1.97. The maximum atomic E-state index is 4.82. The van der Waals surface area contributed by atoms with Crippen molar-refractivity contribution in [2.45, 2.75) is 52.4 Å². The van der Waals surface area contributed by atoms with E-state index >= 15 is 0 Å². The van der Waals surface area contributed by atoms with Crippen LogP contribution in [-0.2, 0) is 25.7 Å². The third kappa shape index (κ3) is 1.34. The molecule has 3 rings (SSSR count). The van der Waals surface area contributed by atoms with Gasteiger partial charge in [0.2, 0.25) is 0 Å². The van der Waals surface area contributed by atoms with Crippen molar-refractivity contribution in [3.8, 4) is 0 Å². The average molecular weight is 234 g/mol. The number of nitrogens with zero attached hydrogens (tertiary/aromatic N) is 2. The first-order valence-corrected chi connectivity index (χ1v) is 7.17. The number of aryl methyl sites for hydroxylation is 4. The summed E-state index contributed by atoms with van der Waals surface area (Å²) in [5.74, 6) is 0. The Hall–Kier alpha value is -0.830. The summed E-state index contributed by atoms with van der Waals surface area (Å²) in [6.07, 6.45) is 7.30. The van der Waals surface area contributed by atoms with Gasteiger partial charge in [0.05, 0.1) is 5.69 Å². The quantitative estimate of drug-likeness (QED) is 0.795. The Morgan fingerprint density at radius 1 is 1.31 bits per heavy atom. The molecule has 0 atom stereocenters. The van der Waals surface area contributed by atoms with Crippen LogP contribution in [0.4, 0.5) is 0 Å². The zero-order valence-corrected chi connectivity index (χ0v) is 10.9. The van der Waals surface area contributed by atoms with Crippen molar-refractivity contribution >= 4 is 16.3 Å². The van der Waals surface area contributed by atoms with Crippen molar-refractivity contribution in [3.05, 3.63) is 22.0 Å². The van der Waals surface area contributed by atoms with E-state index in [0.717, 1.165) is 12.8 Å². The molecule has 0 bridgehead atoms. The second-order valence-corrected chi connectivity index (χ2v) is 5.61. The molecule has 0 aromatic carbocycles. The molecule has 2 heterocycles. The fraction of sp³-hybridized carbons (Fsp3) is 0.615. The van der Waals surface area contributed by atoms with E-state index in [1.54, 1.807) is 10.6 Å². The van der Waals surface area contributed by atoms with Crippen LogP contribution >= 0.6 is 11.3 Å². The molecule has 86 valence electrons. The van der Waals surface area contributed by atoms with E-state index < -0.39 is 0 Å². The van der Waals surface area contributed by atoms with Gasteiger partial charge in [-0.05, 0) is 32.1 Å². The van der Waals surface area contributed by atoms with E-state index in [1.807, 2.05) is 11.3 Å². The molecule has 0 saturated carbocycles. The molecule has 1 aliphatic carbocycles. The normalized spacial score (nSPS) is 14.9. The standard InChI is InChI=1S/C13H18N2S/c1-3-6-9-10(4-2)15-11-7-5-8-12(11)16-13(15)14-9/h3-8H2,1-2H3. The number of fused-ring (bicyclic) bond motifs is 3. The summed E-state index contributed by atoms with van der Waals surface area (Å²) < 4.78 is 2.46. The van der Waals surface area contributed by atoms with Crippen LogP contribution in [0, 0.1) is 0 Å². The molecule has 0 spiro atoms. The first-order valence-electron chi connectivity index (χ1n) is 6.35. The van der Waals surface area contributed by atoms with Crippen LogP contribution < -0.4 is 0 Å². The SMILES string of the molecule is CCCc1nc2sc3c(n2c1CC)CCC3. The number of imidazole rings is 1. The minimum atomic E-state index is 1.11. The number of aromatic nitrogens is 2. The van der Waals surface area contributed by atoms with Crippen LogP contribution in [0.1, 0.15) is 48.6 Å². The maximum absolute atomic E-state index is 4.82. The maximum Gasteiger partial charge on any atom is 0.194 e. The number of hydrogen-bond donors (Lipinski definition) is 0. The molecule has 0 unspecified atom stereocenters. The van der Waals surface area contributed by atoms with Crippen molar-refractivity contribution < 1.29 is 0 Å². The molecule has 0 fully saturated rings. The molecular formula is C13H18N2S. The van der Waals surface area contributed by atoms with Crippen molar-refractivity contribution in [1.29, 1.82) is 0 Å². The summed E-state index contributed by atoms with van der Waals surface area (Å²) in [6, 6.07) is 0. The monoisotopic (exact) mass is 234 g/mol. The second-order valence-electron chi connectivity index (χ2n) is 4.55. The molecule has 3 heteroatoms. The van der Waals surface area contributed by atoms with Gasteiger partial charge < -0.3 is 0 Å². The number of thiazole rings is 1. The minimum Gasteiger partial charge on any atom is -0.291 e. The summed E-state index contributed by atoms with van der Waals surface area (Å²) in [4.78, 5) is 7.64. The van der Waals surface area contributed by atoms with E-state index in [4.69, 9.17) is 4.98 Å². The van der Waals surface area contributed by atoms with Crippen LogP contribution in [0.25, 0.3) is 4.96 Å². The van der Waals surface area contributed by atoms with Crippen LogP contribution in [0.5, 0.6) is 0 Å². The molecule has 16 heavy (non-hydrogen) atoms. The fourth-order valence-electron chi connectivity index (χ4n) is 2.78. The summed E-state index contributed by atoms with van der Waals surface area (Å²) in [5.41, 5.74) is 4.37. The van der Waals surface area contributed by atoms with Gasteiger partial charge in [0.25, 0.3) is 0 Å². The van der Waals surface area contributed by atoms with Crippen molar-refractivity contribution in [2.24, 2.45) is 0 Å². The molecule has 1 aliphatic rings. The highest BCUT2D eigenvalue weighted by Crippen LogP contribution is 2.33. The summed E-state index contributed by atoms with van der Waals surface area (Å²) in [7, 11) is 0. The number of hydrogen-bond acceptors (Lipinski definition) is 2. The van der Waals surface area contributed by atoms with Gasteiger partial charge in [-0.3, -0.25) is 4.40 Å². The predicted octanol–water partition coefficient (Wildman–Crippen LogP) is 3.40. The van der Waals surface area contributed by atoms with E-state index in [1.165, 1.54) is 42.0 Å². The highest BCUT2D eigenvalue weighted by atomic mass is 32.1. The third-order valence-corrected chi connectivity index (χ3v) is 4.61. The largest absolute Gasteiger partial charge is 0.291 e. The van der Waals surface area contributed by atoms with Gasteiger partial charge in [-0.15, -0.1) is 11.3 Å². The van der Waals surface area contributed by atoms with Crippen LogP contribution in [0.15, 0.2) is 0 Å².